The number of anilines is 1. The standard InChI is InChI=1S/C18H20N2O6S/c1-20(2)27(22,23)14-6-4-13(5-7-14)19-18(21)12-10-15(24-3)17-16(11-12)25-8-9-26-17/h4-7,10-11H,8-9H2,1-3H3,(H,19,21). The van der Waals surface area contributed by atoms with Crippen LogP contribution < -0.4 is 19.5 Å². The summed E-state index contributed by atoms with van der Waals surface area (Å²) in [5.41, 5.74) is 0.799. The summed E-state index contributed by atoms with van der Waals surface area (Å²) < 4.78 is 41.6. The average Bonchev–Trinajstić information content (AvgIpc) is 2.67. The first kappa shape index (κ1) is 19.0. The van der Waals surface area contributed by atoms with Crippen LogP contribution in [0.15, 0.2) is 41.3 Å². The number of benzene rings is 2. The monoisotopic (exact) mass is 392 g/mol. The van der Waals surface area contributed by atoms with E-state index in [9.17, 15) is 13.2 Å². The highest BCUT2D eigenvalue weighted by Crippen LogP contribution is 2.40. The van der Waals surface area contributed by atoms with Gasteiger partial charge in [-0.2, -0.15) is 0 Å². The van der Waals surface area contributed by atoms with E-state index >= 15 is 0 Å². The molecule has 0 bridgehead atoms. The fraction of sp³-hybridized carbons (Fsp3) is 0.278. The molecule has 8 nitrogen and oxygen atoms in total. The van der Waals surface area contributed by atoms with Crippen LogP contribution in [0.2, 0.25) is 0 Å². The normalized spacial score (nSPS) is 13.3. The molecule has 0 saturated carbocycles. The van der Waals surface area contributed by atoms with Gasteiger partial charge >= 0.3 is 0 Å². The van der Waals surface area contributed by atoms with E-state index in [1.807, 2.05) is 0 Å². The molecule has 0 radical (unpaired) electrons. The Labute approximate surface area is 157 Å². The Morgan fingerprint density at radius 2 is 1.78 bits per heavy atom. The van der Waals surface area contributed by atoms with Gasteiger partial charge < -0.3 is 19.5 Å². The molecule has 2 aromatic rings. The van der Waals surface area contributed by atoms with Crippen molar-refractivity contribution in [3.8, 4) is 17.2 Å². The Morgan fingerprint density at radius 1 is 1.11 bits per heavy atom. The van der Waals surface area contributed by atoms with Gasteiger partial charge in [0.1, 0.15) is 13.2 Å². The summed E-state index contributed by atoms with van der Waals surface area (Å²) in [5, 5.41) is 2.72. The first-order chi connectivity index (χ1) is 12.8. The smallest absolute Gasteiger partial charge is 0.255 e. The van der Waals surface area contributed by atoms with Crippen LogP contribution in [0.5, 0.6) is 17.2 Å². The third kappa shape index (κ3) is 3.83. The van der Waals surface area contributed by atoms with Gasteiger partial charge in [-0.05, 0) is 36.4 Å². The minimum absolute atomic E-state index is 0.145. The third-order valence-corrected chi connectivity index (χ3v) is 5.81. The molecule has 1 N–H and O–H groups in total. The predicted octanol–water partition coefficient (Wildman–Crippen LogP) is 1.97. The zero-order valence-electron chi connectivity index (χ0n) is 15.2. The number of carbonyl (C=O) groups excluding carboxylic acids is 1. The van der Waals surface area contributed by atoms with Crippen LogP contribution in [0.3, 0.4) is 0 Å². The molecule has 0 unspecified atom stereocenters. The van der Waals surface area contributed by atoms with E-state index in [4.69, 9.17) is 14.2 Å². The summed E-state index contributed by atoms with van der Waals surface area (Å²) in [5.74, 6) is 0.940. The molecule has 0 aromatic heterocycles. The van der Waals surface area contributed by atoms with Crippen LogP contribution in [-0.2, 0) is 10.0 Å². The van der Waals surface area contributed by atoms with E-state index in [2.05, 4.69) is 5.32 Å². The minimum atomic E-state index is -3.52. The number of sulfonamides is 1. The lowest BCUT2D eigenvalue weighted by Gasteiger charge is -2.21. The topological polar surface area (TPSA) is 94.2 Å². The Balaban J connectivity index is 1.82. The molecule has 1 aliphatic rings. The fourth-order valence-corrected chi connectivity index (χ4v) is 3.43. The van der Waals surface area contributed by atoms with Crippen molar-refractivity contribution in [1.82, 2.24) is 4.31 Å². The highest BCUT2D eigenvalue weighted by Gasteiger charge is 2.21. The summed E-state index contributed by atoms with van der Waals surface area (Å²) in [4.78, 5) is 12.7. The maximum absolute atomic E-state index is 12.6. The van der Waals surface area contributed by atoms with Gasteiger partial charge in [0.15, 0.2) is 11.5 Å². The Morgan fingerprint density at radius 3 is 2.41 bits per heavy atom. The molecule has 144 valence electrons. The van der Waals surface area contributed by atoms with E-state index < -0.39 is 10.0 Å². The molecular formula is C18H20N2O6S. The van der Waals surface area contributed by atoms with Crippen molar-refractivity contribution in [3.05, 3.63) is 42.0 Å². The molecule has 0 saturated heterocycles. The number of nitrogens with zero attached hydrogens (tertiary/aromatic N) is 1. The molecule has 0 fully saturated rings. The lowest BCUT2D eigenvalue weighted by atomic mass is 10.1. The molecular weight excluding hydrogens is 372 g/mol. The lowest BCUT2D eigenvalue weighted by Crippen LogP contribution is -2.22. The zero-order chi connectivity index (χ0) is 19.6. The van der Waals surface area contributed by atoms with Gasteiger partial charge in [-0.1, -0.05) is 0 Å². The second kappa shape index (κ2) is 7.45. The first-order valence-electron chi connectivity index (χ1n) is 8.14. The lowest BCUT2D eigenvalue weighted by molar-refractivity contribution is 0.102. The van der Waals surface area contributed by atoms with E-state index in [0.29, 0.717) is 41.7 Å². The largest absolute Gasteiger partial charge is 0.493 e. The van der Waals surface area contributed by atoms with E-state index in [1.165, 1.54) is 45.5 Å². The molecule has 1 aliphatic heterocycles. The van der Waals surface area contributed by atoms with Crippen molar-refractivity contribution in [3.63, 3.8) is 0 Å². The molecule has 1 heterocycles. The van der Waals surface area contributed by atoms with Crippen molar-refractivity contribution < 1.29 is 27.4 Å². The van der Waals surface area contributed by atoms with Crippen LogP contribution in [-0.4, -0.2) is 53.0 Å². The number of nitrogens with one attached hydrogen (secondary N) is 1. The zero-order valence-corrected chi connectivity index (χ0v) is 16.0. The van der Waals surface area contributed by atoms with E-state index in [0.717, 1.165) is 4.31 Å². The minimum Gasteiger partial charge on any atom is -0.493 e. The van der Waals surface area contributed by atoms with Gasteiger partial charge in [-0.3, -0.25) is 4.79 Å². The maximum atomic E-state index is 12.6. The fourth-order valence-electron chi connectivity index (χ4n) is 2.53. The van der Waals surface area contributed by atoms with Gasteiger partial charge in [-0.15, -0.1) is 0 Å². The summed E-state index contributed by atoms with van der Waals surface area (Å²) in [6, 6.07) is 9.09. The van der Waals surface area contributed by atoms with Crippen molar-refractivity contribution >= 4 is 21.6 Å². The van der Waals surface area contributed by atoms with Crippen LogP contribution in [0.4, 0.5) is 5.69 Å². The van der Waals surface area contributed by atoms with Crippen LogP contribution >= 0.6 is 0 Å². The molecule has 0 atom stereocenters. The summed E-state index contributed by atoms with van der Waals surface area (Å²) in [6.07, 6.45) is 0. The molecule has 1 amide bonds. The summed E-state index contributed by atoms with van der Waals surface area (Å²) >= 11 is 0. The quantitative estimate of drug-likeness (QED) is 0.836. The van der Waals surface area contributed by atoms with Crippen molar-refractivity contribution in [1.29, 1.82) is 0 Å². The van der Waals surface area contributed by atoms with Gasteiger partial charge in [0.25, 0.3) is 5.91 Å². The second-order valence-corrected chi connectivity index (χ2v) is 8.12. The Kier molecular flexibility index (Phi) is 5.24. The van der Waals surface area contributed by atoms with Crippen LogP contribution in [0.25, 0.3) is 0 Å². The summed E-state index contributed by atoms with van der Waals surface area (Å²) in [6.45, 7) is 0.806. The third-order valence-electron chi connectivity index (χ3n) is 3.98. The molecule has 2 aromatic carbocycles. The highest BCUT2D eigenvalue weighted by atomic mass is 32.2. The van der Waals surface area contributed by atoms with Gasteiger partial charge in [-0.25, -0.2) is 12.7 Å². The first-order valence-corrected chi connectivity index (χ1v) is 9.58. The highest BCUT2D eigenvalue weighted by molar-refractivity contribution is 7.89. The molecule has 27 heavy (non-hydrogen) atoms. The number of amides is 1. The molecule has 9 heteroatoms. The van der Waals surface area contributed by atoms with Crippen molar-refractivity contribution in [2.45, 2.75) is 4.90 Å². The number of carbonyl (C=O) groups is 1. The number of rotatable bonds is 5. The average molecular weight is 392 g/mol. The molecule has 0 aliphatic carbocycles. The van der Waals surface area contributed by atoms with E-state index in [1.54, 1.807) is 12.1 Å². The van der Waals surface area contributed by atoms with Crippen molar-refractivity contribution in [2.75, 3.05) is 39.7 Å². The number of methoxy groups -OCH3 is 1. The van der Waals surface area contributed by atoms with E-state index in [-0.39, 0.29) is 10.8 Å². The molecule has 3 rings (SSSR count). The van der Waals surface area contributed by atoms with Crippen molar-refractivity contribution in [2.24, 2.45) is 0 Å². The van der Waals surface area contributed by atoms with Gasteiger partial charge in [0.05, 0.1) is 12.0 Å². The van der Waals surface area contributed by atoms with Gasteiger partial charge in [0, 0.05) is 25.3 Å². The SMILES string of the molecule is COc1cc(C(=O)Nc2ccc(S(=O)(=O)N(C)C)cc2)cc2c1OCCO2. The number of fused-ring (bicyclic) bond motifs is 1. The van der Waals surface area contributed by atoms with Gasteiger partial charge in [0.2, 0.25) is 15.8 Å². The maximum Gasteiger partial charge on any atom is 0.255 e. The molecule has 0 spiro atoms. The summed E-state index contributed by atoms with van der Waals surface area (Å²) in [7, 11) is 0.883. The number of ether oxygens (including phenoxy) is 3. The Hall–Kier alpha value is -2.78. The number of hydrogen-bond donors (Lipinski definition) is 1. The number of hydrogen-bond acceptors (Lipinski definition) is 6. The van der Waals surface area contributed by atoms with Crippen LogP contribution in [0, 0.1) is 0 Å². The Bertz CT molecular complexity index is 937. The second-order valence-electron chi connectivity index (χ2n) is 5.97. The predicted molar refractivity (Wildman–Crippen MR) is 99.3 cm³/mol. The van der Waals surface area contributed by atoms with Crippen LogP contribution in [0.1, 0.15) is 10.4 Å².